The number of benzene rings is 1. The van der Waals surface area contributed by atoms with Crippen LogP contribution in [0.5, 0.6) is 0 Å². The molecule has 0 atom stereocenters. The Kier molecular flexibility index (Phi) is 3.46. The zero-order valence-electron chi connectivity index (χ0n) is 11.2. The lowest BCUT2D eigenvalue weighted by Gasteiger charge is -2.18. The van der Waals surface area contributed by atoms with Crippen LogP contribution in [0.4, 0.5) is 0 Å². The smallest absolute Gasteiger partial charge is 0.168 e. The molecule has 2 aromatic rings. The van der Waals surface area contributed by atoms with Crippen molar-refractivity contribution in [1.29, 1.82) is 0 Å². The molecule has 0 saturated carbocycles. The third-order valence-corrected chi connectivity index (χ3v) is 6.02. The standard InChI is InChI=1S/C15H13ClN2OS2/c16-10-7-9-2-6-20-14(9)11(8-10)13-12(1-5-19)21-15-17-3-4-18(13)15/h2,6-8,19H,1,3-5H2. The van der Waals surface area contributed by atoms with Crippen molar-refractivity contribution in [3.8, 4) is 0 Å². The zero-order chi connectivity index (χ0) is 14.4. The Morgan fingerprint density at radius 1 is 1.38 bits per heavy atom. The predicted molar refractivity (Wildman–Crippen MR) is 92.1 cm³/mol. The lowest BCUT2D eigenvalue weighted by Crippen LogP contribution is -2.20. The van der Waals surface area contributed by atoms with Gasteiger partial charge in [-0.05, 0) is 29.0 Å². The average molecular weight is 337 g/mol. The van der Waals surface area contributed by atoms with Gasteiger partial charge < -0.3 is 10.0 Å². The molecule has 1 aromatic carbocycles. The van der Waals surface area contributed by atoms with Crippen molar-refractivity contribution < 1.29 is 5.11 Å². The molecule has 1 aromatic heterocycles. The monoisotopic (exact) mass is 336 g/mol. The first kappa shape index (κ1) is 13.6. The first-order chi connectivity index (χ1) is 10.3. The highest BCUT2D eigenvalue weighted by Crippen LogP contribution is 2.46. The Morgan fingerprint density at radius 3 is 3.14 bits per heavy atom. The van der Waals surface area contributed by atoms with Crippen LogP contribution in [0.1, 0.15) is 12.0 Å². The fourth-order valence-electron chi connectivity index (χ4n) is 2.82. The number of thioether (sulfide) groups is 1. The molecule has 0 saturated heterocycles. The summed E-state index contributed by atoms with van der Waals surface area (Å²) in [5, 5.41) is 14.4. The van der Waals surface area contributed by atoms with Crippen LogP contribution in [0.15, 0.2) is 33.5 Å². The van der Waals surface area contributed by atoms with Gasteiger partial charge in [-0.1, -0.05) is 23.4 Å². The summed E-state index contributed by atoms with van der Waals surface area (Å²) in [5.41, 5.74) is 2.34. The van der Waals surface area contributed by atoms with E-state index in [1.54, 1.807) is 23.1 Å². The molecule has 1 N–H and O–H groups in total. The van der Waals surface area contributed by atoms with Gasteiger partial charge in [0.25, 0.3) is 0 Å². The summed E-state index contributed by atoms with van der Waals surface area (Å²) in [6.07, 6.45) is 0.662. The van der Waals surface area contributed by atoms with Crippen LogP contribution in [0.3, 0.4) is 0 Å². The highest BCUT2D eigenvalue weighted by atomic mass is 35.5. The minimum atomic E-state index is 0.154. The van der Waals surface area contributed by atoms with E-state index in [1.165, 1.54) is 20.7 Å². The van der Waals surface area contributed by atoms with E-state index in [0.29, 0.717) is 6.42 Å². The molecule has 0 unspecified atom stereocenters. The second kappa shape index (κ2) is 5.32. The molecule has 0 spiro atoms. The van der Waals surface area contributed by atoms with Gasteiger partial charge in [0.15, 0.2) is 5.17 Å². The Labute approximate surface area is 135 Å². The number of thiophene rings is 1. The van der Waals surface area contributed by atoms with Gasteiger partial charge in [-0.3, -0.25) is 4.99 Å². The lowest BCUT2D eigenvalue weighted by atomic mass is 10.1. The van der Waals surface area contributed by atoms with E-state index in [4.69, 9.17) is 11.6 Å². The summed E-state index contributed by atoms with van der Waals surface area (Å²) in [4.78, 5) is 8.00. The van der Waals surface area contributed by atoms with Crippen LogP contribution in [-0.4, -0.2) is 34.9 Å². The van der Waals surface area contributed by atoms with Crippen LogP contribution in [0.25, 0.3) is 15.8 Å². The molecule has 0 amide bonds. The SMILES string of the molecule is OCCC1=C(c2cc(Cl)cc3ccsc23)N2CCN=C2S1. The van der Waals surface area contributed by atoms with Crippen LogP contribution < -0.4 is 0 Å². The van der Waals surface area contributed by atoms with Crippen LogP contribution in [-0.2, 0) is 0 Å². The topological polar surface area (TPSA) is 35.8 Å². The number of hydrogen-bond donors (Lipinski definition) is 1. The predicted octanol–water partition coefficient (Wildman–Crippen LogP) is 4.02. The second-order valence-corrected chi connectivity index (χ2v) is 7.37. The van der Waals surface area contributed by atoms with E-state index in [-0.39, 0.29) is 6.61 Å². The number of aliphatic hydroxyl groups excluding tert-OH is 1. The fourth-order valence-corrected chi connectivity index (χ4v) is 5.12. The molecule has 0 bridgehead atoms. The van der Waals surface area contributed by atoms with Gasteiger partial charge in [0.05, 0.1) is 12.2 Å². The summed E-state index contributed by atoms with van der Waals surface area (Å²) < 4.78 is 1.25. The van der Waals surface area contributed by atoms with Crippen molar-refractivity contribution in [2.24, 2.45) is 4.99 Å². The van der Waals surface area contributed by atoms with Crippen molar-refractivity contribution in [2.45, 2.75) is 6.42 Å². The Hall–Kier alpha value is -1.01. The van der Waals surface area contributed by atoms with Crippen LogP contribution >= 0.6 is 34.7 Å². The highest BCUT2D eigenvalue weighted by Gasteiger charge is 2.33. The van der Waals surface area contributed by atoms with Crippen molar-refractivity contribution in [2.75, 3.05) is 19.7 Å². The maximum atomic E-state index is 9.35. The minimum absolute atomic E-state index is 0.154. The first-order valence-corrected chi connectivity index (χ1v) is 8.86. The quantitative estimate of drug-likeness (QED) is 0.919. The van der Waals surface area contributed by atoms with E-state index in [0.717, 1.165) is 28.8 Å². The van der Waals surface area contributed by atoms with Crippen molar-refractivity contribution >= 4 is 55.7 Å². The van der Waals surface area contributed by atoms with E-state index in [9.17, 15) is 5.11 Å². The van der Waals surface area contributed by atoms with Gasteiger partial charge in [-0.15, -0.1) is 11.3 Å². The number of fused-ring (bicyclic) bond motifs is 2. The number of hydrogen-bond acceptors (Lipinski definition) is 5. The average Bonchev–Trinajstić information content (AvgIpc) is 3.12. The number of halogens is 1. The van der Waals surface area contributed by atoms with Crippen molar-refractivity contribution in [1.82, 2.24) is 4.90 Å². The number of aliphatic imine (C=N–C) groups is 1. The molecule has 6 heteroatoms. The van der Waals surface area contributed by atoms with Gasteiger partial charge >= 0.3 is 0 Å². The molecular weight excluding hydrogens is 324 g/mol. The molecule has 3 nitrogen and oxygen atoms in total. The maximum Gasteiger partial charge on any atom is 0.168 e. The molecule has 3 heterocycles. The van der Waals surface area contributed by atoms with Crippen LogP contribution in [0.2, 0.25) is 5.02 Å². The van der Waals surface area contributed by atoms with E-state index in [1.807, 2.05) is 12.1 Å². The van der Waals surface area contributed by atoms with Gasteiger partial charge in [0.2, 0.25) is 0 Å². The van der Waals surface area contributed by atoms with E-state index in [2.05, 4.69) is 21.3 Å². The summed E-state index contributed by atoms with van der Waals surface area (Å²) in [5.74, 6) is 0. The fraction of sp³-hybridized carbons (Fsp3) is 0.267. The first-order valence-electron chi connectivity index (χ1n) is 6.79. The number of nitrogens with zero attached hydrogens (tertiary/aromatic N) is 2. The molecule has 0 aliphatic carbocycles. The molecular formula is C15H13ClN2OS2. The second-order valence-electron chi connectivity index (χ2n) is 4.96. The van der Waals surface area contributed by atoms with Gasteiger partial charge in [0, 0.05) is 39.8 Å². The summed E-state index contributed by atoms with van der Waals surface area (Å²) >= 11 is 9.72. The Balaban J connectivity index is 1.94. The van der Waals surface area contributed by atoms with Crippen LogP contribution in [0, 0.1) is 0 Å². The normalized spacial score (nSPS) is 17.8. The third-order valence-electron chi connectivity index (χ3n) is 3.66. The molecule has 108 valence electrons. The molecule has 2 aliphatic rings. The lowest BCUT2D eigenvalue weighted by molar-refractivity contribution is 0.301. The number of rotatable bonds is 3. The molecule has 0 fully saturated rings. The van der Waals surface area contributed by atoms with Crippen molar-refractivity contribution in [3.63, 3.8) is 0 Å². The maximum absolute atomic E-state index is 9.35. The number of amidine groups is 1. The largest absolute Gasteiger partial charge is 0.396 e. The van der Waals surface area contributed by atoms with E-state index < -0.39 is 0 Å². The number of aliphatic hydroxyl groups is 1. The molecule has 2 aliphatic heterocycles. The van der Waals surface area contributed by atoms with Gasteiger partial charge in [0.1, 0.15) is 0 Å². The molecule has 4 rings (SSSR count). The van der Waals surface area contributed by atoms with Gasteiger partial charge in [-0.25, -0.2) is 0 Å². The zero-order valence-corrected chi connectivity index (χ0v) is 13.6. The molecule has 21 heavy (non-hydrogen) atoms. The highest BCUT2D eigenvalue weighted by molar-refractivity contribution is 8.17. The third kappa shape index (κ3) is 2.19. The van der Waals surface area contributed by atoms with Crippen molar-refractivity contribution in [3.05, 3.63) is 39.1 Å². The summed E-state index contributed by atoms with van der Waals surface area (Å²) in [7, 11) is 0. The summed E-state index contributed by atoms with van der Waals surface area (Å²) in [6, 6.07) is 6.14. The van der Waals surface area contributed by atoms with E-state index >= 15 is 0 Å². The minimum Gasteiger partial charge on any atom is -0.396 e. The Morgan fingerprint density at radius 2 is 2.29 bits per heavy atom. The Bertz CT molecular complexity index is 781. The molecule has 0 radical (unpaired) electrons. The van der Waals surface area contributed by atoms with Gasteiger partial charge in [-0.2, -0.15) is 0 Å². The summed E-state index contributed by atoms with van der Waals surface area (Å²) in [6.45, 7) is 1.90.